The quantitative estimate of drug-likeness (QED) is 0.378. The molecule has 2 aromatic carbocycles. The third-order valence-electron chi connectivity index (χ3n) is 4.53. The van der Waals surface area contributed by atoms with Gasteiger partial charge in [-0.2, -0.15) is 21.4 Å². The molecule has 0 radical (unpaired) electrons. The Hall–Kier alpha value is -2.77. The van der Waals surface area contributed by atoms with Crippen LogP contribution in [0.5, 0.6) is 0 Å². The number of nitrogens with zero attached hydrogens (tertiary/aromatic N) is 5. The van der Waals surface area contributed by atoms with Crippen LogP contribution in [0.4, 0.5) is 0 Å². The maximum Gasteiger partial charge on any atom is 0.235 e. The molecule has 0 N–H and O–H groups in total. The molecule has 138 valence electrons. The van der Waals surface area contributed by atoms with Gasteiger partial charge >= 0.3 is 0 Å². The second-order valence-electron chi connectivity index (χ2n) is 6.39. The molecule has 28 heavy (non-hydrogen) atoms. The smallest absolute Gasteiger partial charge is 0.235 e. The van der Waals surface area contributed by atoms with Gasteiger partial charge in [0, 0.05) is 17.1 Å². The molecule has 0 unspecified atom stereocenters. The Bertz CT molecular complexity index is 1220. The molecule has 5 aromatic rings. The first kappa shape index (κ1) is 17.3. The number of pyridine rings is 1. The van der Waals surface area contributed by atoms with E-state index in [4.69, 9.17) is 5.10 Å². The predicted molar refractivity (Wildman–Crippen MR) is 116 cm³/mol. The number of aromatic nitrogens is 5. The van der Waals surface area contributed by atoms with Crippen LogP contribution in [-0.4, -0.2) is 30.5 Å². The van der Waals surface area contributed by atoms with Crippen molar-refractivity contribution in [3.05, 3.63) is 78.2 Å². The zero-order valence-electron chi connectivity index (χ0n) is 15.0. The molecule has 0 spiro atoms. The third kappa shape index (κ3) is 3.39. The Morgan fingerprint density at radius 2 is 1.82 bits per heavy atom. The normalized spacial score (nSPS) is 11.4. The molecule has 7 heteroatoms. The largest absolute Gasteiger partial charge is 0.256 e. The summed E-state index contributed by atoms with van der Waals surface area (Å²) in [4.78, 5) is 5.36. The average molecular weight is 404 g/mol. The number of para-hydroxylation sites is 1. The van der Waals surface area contributed by atoms with Gasteiger partial charge in [-0.05, 0) is 29.9 Å². The molecule has 0 saturated heterocycles. The molecule has 0 bridgehead atoms. The fraction of sp³-hybridized carbons (Fsp3) is 0.143. The van der Waals surface area contributed by atoms with Crippen LogP contribution in [0.3, 0.4) is 0 Å². The van der Waals surface area contributed by atoms with Crippen molar-refractivity contribution in [2.75, 3.05) is 5.75 Å². The summed E-state index contributed by atoms with van der Waals surface area (Å²) in [5, 5.41) is 15.5. The van der Waals surface area contributed by atoms with Crippen LogP contribution >= 0.6 is 23.1 Å². The highest BCUT2D eigenvalue weighted by Gasteiger charge is 2.15. The van der Waals surface area contributed by atoms with Gasteiger partial charge in [-0.15, -0.1) is 10.2 Å². The predicted octanol–water partition coefficient (Wildman–Crippen LogP) is 4.88. The first-order valence-corrected chi connectivity index (χ1v) is 11.0. The minimum Gasteiger partial charge on any atom is -0.256 e. The van der Waals surface area contributed by atoms with E-state index in [0.717, 1.165) is 50.2 Å². The van der Waals surface area contributed by atoms with Crippen molar-refractivity contribution in [2.24, 2.45) is 0 Å². The van der Waals surface area contributed by atoms with Crippen molar-refractivity contribution in [1.82, 2.24) is 24.8 Å². The Kier molecular flexibility index (Phi) is 4.76. The van der Waals surface area contributed by atoms with Crippen LogP contribution in [0, 0.1) is 0 Å². The minimum atomic E-state index is 0.797. The maximum atomic E-state index is 4.79. The van der Waals surface area contributed by atoms with Crippen LogP contribution in [0.15, 0.2) is 66.9 Å². The number of aryl methyl sites for hydroxylation is 1. The average Bonchev–Trinajstić information content (AvgIpc) is 3.33. The fourth-order valence-electron chi connectivity index (χ4n) is 3.13. The molecular formula is C21H17N5S2. The van der Waals surface area contributed by atoms with Crippen molar-refractivity contribution in [3.63, 3.8) is 0 Å². The lowest BCUT2D eigenvalue weighted by Gasteiger charge is -2.02. The lowest BCUT2D eigenvalue weighted by atomic mass is 10.1. The molecule has 3 heterocycles. The molecule has 0 amide bonds. The second-order valence-corrected chi connectivity index (χ2v) is 8.45. The molecule has 0 aliphatic carbocycles. The Morgan fingerprint density at radius 1 is 0.929 bits per heavy atom. The van der Waals surface area contributed by atoms with Crippen molar-refractivity contribution in [1.29, 1.82) is 0 Å². The monoisotopic (exact) mass is 403 g/mol. The molecule has 0 aliphatic heterocycles. The van der Waals surface area contributed by atoms with Gasteiger partial charge in [-0.3, -0.25) is 4.98 Å². The first-order valence-electron chi connectivity index (χ1n) is 9.05. The molecule has 3 aromatic heterocycles. The summed E-state index contributed by atoms with van der Waals surface area (Å²) in [5.74, 6) is 2.73. The van der Waals surface area contributed by atoms with E-state index in [1.807, 2.05) is 34.6 Å². The summed E-state index contributed by atoms with van der Waals surface area (Å²) >= 11 is 3.41. The first-order chi connectivity index (χ1) is 13.9. The van der Waals surface area contributed by atoms with Gasteiger partial charge in [0.25, 0.3) is 0 Å². The topological polar surface area (TPSA) is 56.0 Å². The molecule has 0 aliphatic rings. The highest BCUT2D eigenvalue weighted by atomic mass is 32.2. The Balaban J connectivity index is 1.35. The summed E-state index contributed by atoms with van der Waals surface area (Å²) in [7, 11) is 0. The number of hydrogen-bond donors (Lipinski definition) is 0. The van der Waals surface area contributed by atoms with E-state index in [1.54, 1.807) is 11.3 Å². The van der Waals surface area contributed by atoms with Crippen LogP contribution in [0.25, 0.3) is 26.4 Å². The second kappa shape index (κ2) is 7.69. The molecule has 0 atom stereocenters. The van der Waals surface area contributed by atoms with Gasteiger partial charge < -0.3 is 0 Å². The van der Waals surface area contributed by atoms with Crippen molar-refractivity contribution < 1.29 is 0 Å². The zero-order valence-corrected chi connectivity index (χ0v) is 16.7. The lowest BCUT2D eigenvalue weighted by Crippen LogP contribution is -1.96. The number of fused-ring (bicyclic) bond motifs is 2. The SMILES string of the molecule is c1ccc(CCSCc2nnc3sc(-c4cccc5cccnc45)nn23)cc1. The highest BCUT2D eigenvalue weighted by Crippen LogP contribution is 2.30. The van der Waals surface area contributed by atoms with Crippen molar-refractivity contribution >= 4 is 39.0 Å². The fourth-order valence-corrected chi connectivity index (χ4v) is 4.90. The van der Waals surface area contributed by atoms with E-state index in [0.29, 0.717) is 0 Å². The van der Waals surface area contributed by atoms with Crippen LogP contribution in [-0.2, 0) is 12.2 Å². The number of benzene rings is 2. The summed E-state index contributed by atoms with van der Waals surface area (Å²) in [6.07, 6.45) is 2.87. The van der Waals surface area contributed by atoms with Gasteiger partial charge in [-0.25, -0.2) is 0 Å². The number of rotatable bonds is 6. The Morgan fingerprint density at radius 3 is 2.75 bits per heavy atom. The molecule has 0 fully saturated rings. The maximum absolute atomic E-state index is 4.79. The van der Waals surface area contributed by atoms with Gasteiger partial charge in [0.15, 0.2) is 5.82 Å². The summed E-state index contributed by atoms with van der Waals surface area (Å²) in [6, 6.07) is 20.8. The standard InChI is InChI=1S/C21H17N5S2/c1-2-6-15(7-3-1)11-13-27-14-18-23-24-21-26(18)25-20(28-21)17-10-4-8-16-9-5-12-22-19(16)17/h1-10,12H,11,13-14H2. The van der Waals surface area contributed by atoms with E-state index >= 15 is 0 Å². The number of hydrogen-bond acceptors (Lipinski definition) is 6. The zero-order chi connectivity index (χ0) is 18.8. The molecular weight excluding hydrogens is 386 g/mol. The van der Waals surface area contributed by atoms with Gasteiger partial charge in [0.2, 0.25) is 4.96 Å². The third-order valence-corrected chi connectivity index (χ3v) is 6.41. The van der Waals surface area contributed by atoms with E-state index in [2.05, 4.69) is 63.7 Å². The molecule has 5 nitrogen and oxygen atoms in total. The van der Waals surface area contributed by atoms with E-state index < -0.39 is 0 Å². The van der Waals surface area contributed by atoms with Gasteiger partial charge in [0.1, 0.15) is 5.01 Å². The van der Waals surface area contributed by atoms with Crippen LogP contribution in [0.2, 0.25) is 0 Å². The van der Waals surface area contributed by atoms with Gasteiger partial charge in [-0.1, -0.05) is 59.9 Å². The van der Waals surface area contributed by atoms with Gasteiger partial charge in [0.05, 0.1) is 11.3 Å². The van der Waals surface area contributed by atoms with Crippen molar-refractivity contribution in [2.45, 2.75) is 12.2 Å². The summed E-state index contributed by atoms with van der Waals surface area (Å²) < 4.78 is 1.87. The van der Waals surface area contributed by atoms with E-state index in [-0.39, 0.29) is 0 Å². The molecule has 5 rings (SSSR count). The van der Waals surface area contributed by atoms with Crippen LogP contribution < -0.4 is 0 Å². The van der Waals surface area contributed by atoms with E-state index in [1.165, 1.54) is 5.56 Å². The summed E-state index contributed by atoms with van der Waals surface area (Å²) in [6.45, 7) is 0. The van der Waals surface area contributed by atoms with Crippen LogP contribution in [0.1, 0.15) is 11.4 Å². The minimum absolute atomic E-state index is 0.797. The van der Waals surface area contributed by atoms with Crippen molar-refractivity contribution in [3.8, 4) is 10.6 Å². The molecule has 0 saturated carbocycles. The van der Waals surface area contributed by atoms with E-state index in [9.17, 15) is 0 Å². The number of thioether (sulfide) groups is 1. The lowest BCUT2D eigenvalue weighted by molar-refractivity contribution is 0.887. The highest BCUT2D eigenvalue weighted by molar-refractivity contribution is 7.98. The summed E-state index contributed by atoms with van der Waals surface area (Å²) in [5.41, 5.74) is 3.37. The Labute approximate surface area is 170 Å².